The van der Waals surface area contributed by atoms with Crippen molar-refractivity contribution in [3.8, 4) is 5.75 Å². The van der Waals surface area contributed by atoms with Crippen molar-refractivity contribution in [1.29, 1.82) is 0 Å². The van der Waals surface area contributed by atoms with E-state index in [1.807, 2.05) is 67.3 Å². The summed E-state index contributed by atoms with van der Waals surface area (Å²) in [7, 11) is 1.64. The topological polar surface area (TPSA) is 49.8 Å². The fourth-order valence-electron chi connectivity index (χ4n) is 3.51. The first-order chi connectivity index (χ1) is 12.9. The minimum atomic E-state index is -0.317. The second kappa shape index (κ2) is 7.91. The molecule has 4 nitrogen and oxygen atoms in total. The maximum absolute atomic E-state index is 12.6. The van der Waals surface area contributed by atoms with Crippen LogP contribution in [0.5, 0.6) is 5.75 Å². The van der Waals surface area contributed by atoms with Gasteiger partial charge in [-0.25, -0.2) is 0 Å². The second-order valence-electron chi connectivity index (χ2n) is 7.70. The van der Waals surface area contributed by atoms with Crippen LogP contribution in [0.4, 0.5) is 5.69 Å². The Morgan fingerprint density at radius 1 is 1.22 bits per heavy atom. The summed E-state index contributed by atoms with van der Waals surface area (Å²) in [5, 5.41) is 9.32. The Morgan fingerprint density at radius 3 is 2.56 bits per heavy atom. The number of rotatable bonds is 6. The van der Waals surface area contributed by atoms with Crippen LogP contribution in [0.2, 0.25) is 0 Å². The molecule has 5 heteroatoms. The maximum atomic E-state index is 12.6. The van der Waals surface area contributed by atoms with E-state index in [1.54, 1.807) is 7.11 Å². The number of carbonyl (C=O) groups is 1. The molecule has 144 valence electrons. The van der Waals surface area contributed by atoms with Gasteiger partial charge in [0, 0.05) is 17.5 Å². The van der Waals surface area contributed by atoms with Gasteiger partial charge in [0.05, 0.1) is 25.1 Å². The predicted molar refractivity (Wildman–Crippen MR) is 109 cm³/mol. The van der Waals surface area contributed by atoms with E-state index in [-0.39, 0.29) is 29.3 Å². The van der Waals surface area contributed by atoms with Crippen LogP contribution in [0.3, 0.4) is 0 Å². The van der Waals surface area contributed by atoms with Gasteiger partial charge in [-0.1, -0.05) is 38.1 Å². The number of nitrogens with zero attached hydrogens (tertiary/aromatic N) is 1. The van der Waals surface area contributed by atoms with E-state index < -0.39 is 0 Å². The van der Waals surface area contributed by atoms with Crippen molar-refractivity contribution in [2.24, 2.45) is 0 Å². The van der Waals surface area contributed by atoms with Gasteiger partial charge in [-0.3, -0.25) is 4.79 Å². The standard InChI is InChI=1S/C22H26ClNO3/c1-22(2,14-25)16-7-9-17(10-8-16)24-20(19(23)13-21(24)26)12-15-5-4-6-18(11-15)27-3/h4-11,19-20,25H,12-14H2,1-3H3. The van der Waals surface area contributed by atoms with E-state index in [9.17, 15) is 9.90 Å². The predicted octanol–water partition coefficient (Wildman–Crippen LogP) is 3.92. The number of aliphatic hydroxyl groups excluding tert-OH is 1. The van der Waals surface area contributed by atoms with Gasteiger partial charge < -0.3 is 14.7 Å². The van der Waals surface area contributed by atoms with Crippen molar-refractivity contribution in [3.05, 3.63) is 59.7 Å². The molecule has 1 saturated heterocycles. The molecule has 3 rings (SSSR count). The van der Waals surface area contributed by atoms with Gasteiger partial charge in [0.15, 0.2) is 0 Å². The van der Waals surface area contributed by atoms with Crippen molar-refractivity contribution < 1.29 is 14.6 Å². The van der Waals surface area contributed by atoms with Crippen molar-refractivity contribution in [3.63, 3.8) is 0 Å². The molecule has 1 amide bonds. The van der Waals surface area contributed by atoms with Crippen LogP contribution < -0.4 is 9.64 Å². The molecule has 2 aromatic carbocycles. The van der Waals surface area contributed by atoms with Gasteiger partial charge in [-0.15, -0.1) is 11.6 Å². The summed E-state index contributed by atoms with van der Waals surface area (Å²) < 4.78 is 5.30. The highest BCUT2D eigenvalue weighted by atomic mass is 35.5. The zero-order valence-corrected chi connectivity index (χ0v) is 16.7. The van der Waals surface area contributed by atoms with Crippen molar-refractivity contribution in [2.45, 2.75) is 43.5 Å². The first-order valence-electron chi connectivity index (χ1n) is 9.16. The van der Waals surface area contributed by atoms with Crippen LogP contribution in [0, 0.1) is 0 Å². The highest BCUT2D eigenvalue weighted by Gasteiger charge is 2.39. The molecule has 0 aromatic heterocycles. The Labute approximate surface area is 165 Å². The quantitative estimate of drug-likeness (QED) is 0.764. The molecule has 2 atom stereocenters. The molecule has 27 heavy (non-hydrogen) atoms. The van der Waals surface area contributed by atoms with Crippen molar-refractivity contribution in [1.82, 2.24) is 0 Å². The summed E-state index contributed by atoms with van der Waals surface area (Å²) in [4.78, 5) is 14.4. The molecular weight excluding hydrogens is 362 g/mol. The first kappa shape index (κ1) is 19.7. The Morgan fingerprint density at radius 2 is 1.93 bits per heavy atom. The van der Waals surface area contributed by atoms with Gasteiger partial charge >= 0.3 is 0 Å². The minimum Gasteiger partial charge on any atom is -0.497 e. The lowest BCUT2D eigenvalue weighted by molar-refractivity contribution is -0.117. The molecule has 1 fully saturated rings. The third kappa shape index (κ3) is 4.12. The fraction of sp³-hybridized carbons (Fsp3) is 0.409. The Bertz CT molecular complexity index is 803. The molecule has 1 N–H and O–H groups in total. The molecule has 1 heterocycles. The second-order valence-corrected chi connectivity index (χ2v) is 8.26. The van der Waals surface area contributed by atoms with Crippen molar-refractivity contribution >= 4 is 23.2 Å². The number of aliphatic hydroxyl groups is 1. The molecule has 1 aliphatic heterocycles. The lowest BCUT2D eigenvalue weighted by Crippen LogP contribution is -2.37. The van der Waals surface area contributed by atoms with Crippen LogP contribution in [-0.4, -0.2) is 36.1 Å². The third-order valence-corrected chi connectivity index (χ3v) is 5.73. The van der Waals surface area contributed by atoms with Crippen LogP contribution in [0.1, 0.15) is 31.4 Å². The number of methoxy groups -OCH3 is 1. The molecule has 2 aromatic rings. The van der Waals surface area contributed by atoms with E-state index >= 15 is 0 Å². The van der Waals surface area contributed by atoms with E-state index in [0.717, 1.165) is 22.6 Å². The third-order valence-electron chi connectivity index (χ3n) is 5.29. The van der Waals surface area contributed by atoms with Crippen LogP contribution >= 0.6 is 11.6 Å². The molecule has 0 spiro atoms. The normalized spacial score (nSPS) is 20.2. The number of amides is 1. The summed E-state index contributed by atoms with van der Waals surface area (Å²) in [5.74, 6) is 0.835. The lowest BCUT2D eigenvalue weighted by atomic mass is 9.85. The van der Waals surface area contributed by atoms with Gasteiger partial charge in [0.25, 0.3) is 0 Å². The van der Waals surface area contributed by atoms with Crippen LogP contribution in [-0.2, 0) is 16.6 Å². The number of alkyl halides is 1. The fourth-order valence-corrected chi connectivity index (χ4v) is 3.84. The Hall–Kier alpha value is -2.04. The SMILES string of the molecule is COc1cccc(CC2C(Cl)CC(=O)N2c2ccc(C(C)(C)CO)cc2)c1. The zero-order valence-electron chi connectivity index (χ0n) is 16.0. The molecule has 0 saturated carbocycles. The molecule has 0 aliphatic carbocycles. The molecule has 0 radical (unpaired) electrons. The van der Waals surface area contributed by atoms with Gasteiger partial charge in [-0.2, -0.15) is 0 Å². The van der Waals surface area contributed by atoms with Crippen LogP contribution in [0.25, 0.3) is 0 Å². The number of halogens is 1. The summed E-state index contributed by atoms with van der Waals surface area (Å²) in [6, 6.07) is 15.6. The zero-order chi connectivity index (χ0) is 19.6. The van der Waals surface area contributed by atoms with Gasteiger partial charge in [-0.05, 0) is 41.8 Å². The summed E-state index contributed by atoms with van der Waals surface area (Å²) >= 11 is 6.54. The van der Waals surface area contributed by atoms with Crippen molar-refractivity contribution in [2.75, 3.05) is 18.6 Å². The van der Waals surface area contributed by atoms with E-state index in [2.05, 4.69) is 0 Å². The highest BCUT2D eigenvalue weighted by molar-refractivity contribution is 6.24. The molecule has 1 aliphatic rings. The lowest BCUT2D eigenvalue weighted by Gasteiger charge is -2.28. The number of ether oxygens (including phenoxy) is 1. The number of benzene rings is 2. The molecular formula is C22H26ClNO3. The number of carbonyl (C=O) groups excluding carboxylic acids is 1. The Kier molecular flexibility index (Phi) is 5.78. The molecule has 2 unspecified atom stereocenters. The number of hydrogen-bond acceptors (Lipinski definition) is 3. The first-order valence-corrected chi connectivity index (χ1v) is 9.60. The average Bonchev–Trinajstić information content (AvgIpc) is 2.95. The summed E-state index contributed by atoms with van der Waals surface area (Å²) in [6.07, 6.45) is 1.00. The minimum absolute atomic E-state index is 0.0389. The maximum Gasteiger partial charge on any atom is 0.228 e. The average molecular weight is 388 g/mol. The number of anilines is 1. The van der Waals surface area contributed by atoms with Crippen LogP contribution in [0.15, 0.2) is 48.5 Å². The largest absolute Gasteiger partial charge is 0.497 e. The van der Waals surface area contributed by atoms with E-state index in [1.165, 1.54) is 0 Å². The van der Waals surface area contributed by atoms with E-state index in [4.69, 9.17) is 16.3 Å². The summed E-state index contributed by atoms with van der Waals surface area (Å²) in [6.45, 7) is 4.05. The monoisotopic (exact) mass is 387 g/mol. The van der Waals surface area contributed by atoms with Gasteiger partial charge in [0.2, 0.25) is 5.91 Å². The summed E-state index contributed by atoms with van der Waals surface area (Å²) in [5.41, 5.74) is 2.64. The van der Waals surface area contributed by atoms with E-state index in [0.29, 0.717) is 12.8 Å². The highest BCUT2D eigenvalue weighted by Crippen LogP contribution is 2.34. The molecule has 0 bridgehead atoms. The Balaban J connectivity index is 1.86. The number of hydrogen-bond donors (Lipinski definition) is 1. The smallest absolute Gasteiger partial charge is 0.228 e. The van der Waals surface area contributed by atoms with Gasteiger partial charge in [0.1, 0.15) is 5.75 Å².